The summed E-state index contributed by atoms with van der Waals surface area (Å²) in [6, 6.07) is 15.5. The zero-order chi connectivity index (χ0) is 19.6. The van der Waals surface area contributed by atoms with Gasteiger partial charge < -0.3 is 14.7 Å². The number of ether oxygens (including phenoxy) is 1. The summed E-state index contributed by atoms with van der Waals surface area (Å²) < 4.78 is 58.0. The Morgan fingerprint density at radius 1 is 1.00 bits per heavy atom. The van der Waals surface area contributed by atoms with Gasteiger partial charge in [0.2, 0.25) is 0 Å². The highest BCUT2D eigenvalue weighted by Gasteiger charge is 2.39. The Balaban J connectivity index is 2.18. The molecule has 0 saturated carbocycles. The number of rotatable bonds is 5. The summed E-state index contributed by atoms with van der Waals surface area (Å²) in [6.45, 7) is -0.775. The highest BCUT2D eigenvalue weighted by atomic mass is 19.4. The molecule has 0 amide bonds. The summed E-state index contributed by atoms with van der Waals surface area (Å²) in [6.07, 6.45) is -7.39. The number of hydrogen-bond acceptors (Lipinski definition) is 3. The molecule has 1 unspecified atom stereocenters. The molecule has 0 aliphatic carbocycles. The predicted molar refractivity (Wildman–Crippen MR) is 96.0 cm³/mol. The molecule has 7 heteroatoms. The van der Waals surface area contributed by atoms with Crippen LogP contribution >= 0.6 is 0 Å². The Morgan fingerprint density at radius 2 is 1.70 bits per heavy atom. The zero-order valence-electron chi connectivity index (χ0n) is 14.4. The second kappa shape index (κ2) is 7.44. The van der Waals surface area contributed by atoms with E-state index in [9.17, 15) is 22.7 Å². The van der Waals surface area contributed by atoms with Gasteiger partial charge in [0.05, 0.1) is 13.7 Å². The molecule has 0 heterocycles. The van der Waals surface area contributed by atoms with Crippen molar-refractivity contribution in [3.8, 4) is 5.75 Å². The van der Waals surface area contributed by atoms with Crippen molar-refractivity contribution in [3.05, 3.63) is 66.5 Å². The van der Waals surface area contributed by atoms with Gasteiger partial charge in [0, 0.05) is 22.1 Å². The van der Waals surface area contributed by atoms with E-state index < -0.39 is 24.6 Å². The highest BCUT2D eigenvalue weighted by molar-refractivity contribution is 5.99. The summed E-state index contributed by atoms with van der Waals surface area (Å²) >= 11 is 0. The Morgan fingerprint density at radius 3 is 2.33 bits per heavy atom. The van der Waals surface area contributed by atoms with Gasteiger partial charge in [0.15, 0.2) is 6.10 Å². The summed E-state index contributed by atoms with van der Waals surface area (Å²) in [7, 11) is 1.50. The molecular weight excluding hydrogens is 362 g/mol. The van der Waals surface area contributed by atoms with Gasteiger partial charge in [0.1, 0.15) is 11.6 Å². The molecule has 0 aliphatic rings. The Kier molecular flexibility index (Phi) is 5.23. The van der Waals surface area contributed by atoms with Crippen molar-refractivity contribution in [1.82, 2.24) is 0 Å². The van der Waals surface area contributed by atoms with E-state index in [1.165, 1.54) is 30.2 Å². The van der Waals surface area contributed by atoms with Gasteiger partial charge in [-0.2, -0.15) is 13.2 Å². The van der Waals surface area contributed by atoms with Crippen LogP contribution in [0.4, 0.5) is 28.9 Å². The molecule has 0 fully saturated rings. The molecule has 0 spiro atoms. The number of anilines is 2. The fourth-order valence-corrected chi connectivity index (χ4v) is 2.93. The van der Waals surface area contributed by atoms with E-state index in [1.54, 1.807) is 36.4 Å². The first-order valence-electron chi connectivity index (χ1n) is 8.15. The standard InChI is InChI=1S/C20H17F4NO2/c1-27-18-10-9-17(15-7-2-3-8-16(15)18)25(12-19(26)20(22,23)24)14-6-4-5-13(21)11-14/h2-11,19,26H,12H2,1H3. The topological polar surface area (TPSA) is 32.7 Å². The summed E-state index contributed by atoms with van der Waals surface area (Å²) in [5.41, 5.74) is 0.605. The largest absolute Gasteiger partial charge is 0.496 e. The van der Waals surface area contributed by atoms with Gasteiger partial charge in [-0.1, -0.05) is 30.3 Å². The van der Waals surface area contributed by atoms with Crippen molar-refractivity contribution in [3.63, 3.8) is 0 Å². The average molecular weight is 379 g/mol. The van der Waals surface area contributed by atoms with Crippen molar-refractivity contribution < 1.29 is 27.4 Å². The van der Waals surface area contributed by atoms with Gasteiger partial charge in [-0.3, -0.25) is 0 Å². The lowest BCUT2D eigenvalue weighted by molar-refractivity contribution is -0.199. The molecule has 3 rings (SSSR count). The van der Waals surface area contributed by atoms with Crippen LogP contribution in [0.25, 0.3) is 10.8 Å². The first kappa shape index (κ1) is 19.0. The minimum absolute atomic E-state index is 0.202. The van der Waals surface area contributed by atoms with E-state index in [0.29, 0.717) is 22.2 Å². The fourth-order valence-electron chi connectivity index (χ4n) is 2.93. The SMILES string of the molecule is COc1ccc(N(CC(O)C(F)(F)F)c2cccc(F)c2)c2ccccc12. The van der Waals surface area contributed by atoms with Gasteiger partial charge in [-0.25, -0.2) is 4.39 Å². The molecule has 27 heavy (non-hydrogen) atoms. The molecule has 1 N–H and O–H groups in total. The third-order valence-corrected chi connectivity index (χ3v) is 4.22. The summed E-state index contributed by atoms with van der Waals surface area (Å²) in [4.78, 5) is 1.25. The molecule has 0 saturated heterocycles. The van der Waals surface area contributed by atoms with Crippen LogP contribution < -0.4 is 9.64 Å². The lowest BCUT2D eigenvalue weighted by Gasteiger charge is -2.29. The number of alkyl halides is 3. The second-order valence-electron chi connectivity index (χ2n) is 5.98. The minimum Gasteiger partial charge on any atom is -0.496 e. The van der Waals surface area contributed by atoms with E-state index in [4.69, 9.17) is 4.74 Å². The van der Waals surface area contributed by atoms with Gasteiger partial charge in [-0.15, -0.1) is 0 Å². The van der Waals surface area contributed by atoms with Crippen LogP contribution in [0.5, 0.6) is 5.75 Å². The predicted octanol–water partition coefficient (Wildman–Crippen LogP) is 5.05. The number of nitrogens with zero attached hydrogens (tertiary/aromatic N) is 1. The third kappa shape index (κ3) is 3.98. The first-order valence-corrected chi connectivity index (χ1v) is 8.15. The summed E-state index contributed by atoms with van der Waals surface area (Å²) in [5, 5.41) is 11.0. The lowest BCUT2D eigenvalue weighted by Crippen LogP contribution is -2.39. The number of fused-ring (bicyclic) bond motifs is 1. The number of benzene rings is 3. The van der Waals surface area contributed by atoms with Crippen molar-refractivity contribution in [2.24, 2.45) is 0 Å². The van der Waals surface area contributed by atoms with Crippen molar-refractivity contribution in [2.45, 2.75) is 12.3 Å². The smallest absolute Gasteiger partial charge is 0.416 e. The molecule has 3 nitrogen and oxygen atoms in total. The first-order chi connectivity index (χ1) is 12.8. The minimum atomic E-state index is -4.80. The van der Waals surface area contributed by atoms with Crippen LogP contribution in [0.1, 0.15) is 0 Å². The van der Waals surface area contributed by atoms with Crippen LogP contribution in [-0.4, -0.2) is 31.0 Å². The van der Waals surface area contributed by atoms with Gasteiger partial charge in [0.25, 0.3) is 0 Å². The molecule has 0 bridgehead atoms. The lowest BCUT2D eigenvalue weighted by atomic mass is 10.1. The molecule has 0 radical (unpaired) electrons. The molecule has 0 aliphatic heterocycles. The number of aliphatic hydroxyl groups is 1. The maximum atomic E-state index is 13.7. The molecule has 3 aromatic carbocycles. The van der Waals surface area contributed by atoms with E-state index in [1.807, 2.05) is 0 Å². The van der Waals surface area contributed by atoms with E-state index >= 15 is 0 Å². The number of methoxy groups -OCH3 is 1. The fraction of sp³-hybridized carbons (Fsp3) is 0.200. The van der Waals surface area contributed by atoms with Crippen LogP contribution in [0, 0.1) is 5.82 Å². The Labute approximate surface area is 153 Å². The Bertz CT molecular complexity index is 943. The van der Waals surface area contributed by atoms with Crippen molar-refractivity contribution >= 4 is 22.1 Å². The van der Waals surface area contributed by atoms with Crippen LogP contribution in [0.15, 0.2) is 60.7 Å². The number of hydrogen-bond donors (Lipinski definition) is 1. The maximum Gasteiger partial charge on any atom is 0.416 e. The maximum absolute atomic E-state index is 13.7. The highest BCUT2D eigenvalue weighted by Crippen LogP contribution is 2.38. The number of aliphatic hydroxyl groups excluding tert-OH is 1. The normalized spacial score (nSPS) is 12.8. The monoisotopic (exact) mass is 379 g/mol. The van der Waals surface area contributed by atoms with Gasteiger partial charge >= 0.3 is 6.18 Å². The van der Waals surface area contributed by atoms with Crippen LogP contribution in [0.2, 0.25) is 0 Å². The van der Waals surface area contributed by atoms with E-state index in [-0.39, 0.29) is 5.69 Å². The van der Waals surface area contributed by atoms with E-state index in [2.05, 4.69) is 0 Å². The Hall–Kier alpha value is -2.80. The van der Waals surface area contributed by atoms with E-state index in [0.717, 1.165) is 6.07 Å². The molecule has 142 valence electrons. The van der Waals surface area contributed by atoms with Crippen molar-refractivity contribution in [2.75, 3.05) is 18.6 Å². The molecule has 0 aromatic heterocycles. The molecule has 1 atom stereocenters. The average Bonchev–Trinajstić information content (AvgIpc) is 2.64. The number of halogens is 4. The van der Waals surface area contributed by atoms with Crippen LogP contribution in [-0.2, 0) is 0 Å². The van der Waals surface area contributed by atoms with Crippen LogP contribution in [0.3, 0.4) is 0 Å². The zero-order valence-corrected chi connectivity index (χ0v) is 14.4. The quantitative estimate of drug-likeness (QED) is 0.630. The third-order valence-electron chi connectivity index (χ3n) is 4.22. The van der Waals surface area contributed by atoms with Gasteiger partial charge in [-0.05, 0) is 30.3 Å². The molecular formula is C20H17F4NO2. The molecule has 3 aromatic rings. The summed E-state index contributed by atoms with van der Waals surface area (Å²) in [5.74, 6) is -0.0262. The van der Waals surface area contributed by atoms with Crippen molar-refractivity contribution in [1.29, 1.82) is 0 Å². The second-order valence-corrected chi connectivity index (χ2v) is 5.98.